The third-order valence-electron chi connectivity index (χ3n) is 6.35. The highest BCUT2D eigenvalue weighted by Crippen LogP contribution is 2.37. The van der Waals surface area contributed by atoms with Crippen LogP contribution in [0.15, 0.2) is 52.5 Å². The minimum Gasteiger partial charge on any atom is -0.492 e. The summed E-state index contributed by atoms with van der Waals surface area (Å²) in [6, 6.07) is 11.7. The van der Waals surface area contributed by atoms with Crippen LogP contribution in [0.2, 0.25) is 0 Å². The van der Waals surface area contributed by atoms with Crippen LogP contribution in [0.4, 0.5) is 4.39 Å². The lowest BCUT2D eigenvalue weighted by atomic mass is 9.75. The van der Waals surface area contributed by atoms with E-state index in [2.05, 4.69) is 26.6 Å². The Morgan fingerprint density at radius 3 is 2.70 bits per heavy atom. The Morgan fingerprint density at radius 1 is 1.24 bits per heavy atom. The summed E-state index contributed by atoms with van der Waals surface area (Å²) in [7, 11) is 0. The van der Waals surface area contributed by atoms with Gasteiger partial charge in [0.15, 0.2) is 5.78 Å². The number of halogens is 2. The zero-order chi connectivity index (χ0) is 23.6. The molecule has 2 unspecified atom stereocenters. The fourth-order valence-corrected chi connectivity index (χ4v) is 4.93. The first kappa shape index (κ1) is 23.6. The fourth-order valence-electron chi connectivity index (χ4n) is 4.57. The first-order valence-corrected chi connectivity index (χ1v) is 11.7. The van der Waals surface area contributed by atoms with Crippen LogP contribution in [-0.2, 0) is 16.0 Å². The van der Waals surface area contributed by atoms with Crippen molar-refractivity contribution in [2.45, 2.75) is 37.8 Å². The van der Waals surface area contributed by atoms with Crippen molar-refractivity contribution in [3.63, 3.8) is 0 Å². The molecule has 174 valence electrons. The van der Waals surface area contributed by atoms with Crippen LogP contribution in [-0.4, -0.2) is 48.1 Å². The smallest absolute Gasteiger partial charge is 0.333 e. The fraction of sp³-hybridized carbons (Fsp3) is 0.360. The second-order valence-electron chi connectivity index (χ2n) is 8.56. The molecule has 2 atom stereocenters. The lowest BCUT2D eigenvalue weighted by molar-refractivity contribution is -0.134. The predicted molar refractivity (Wildman–Crippen MR) is 127 cm³/mol. The molecule has 2 aromatic rings. The van der Waals surface area contributed by atoms with Gasteiger partial charge in [-0.15, -0.1) is 0 Å². The zero-order valence-corrected chi connectivity index (χ0v) is 19.9. The minimum atomic E-state index is -0.965. The highest BCUT2D eigenvalue weighted by atomic mass is 79.9. The summed E-state index contributed by atoms with van der Waals surface area (Å²) >= 11 is 3.35. The third kappa shape index (κ3) is 5.03. The molecule has 0 aliphatic carbocycles. The van der Waals surface area contributed by atoms with Gasteiger partial charge in [0.1, 0.15) is 11.6 Å². The Bertz CT molecular complexity index is 1100. The maximum Gasteiger partial charge on any atom is 0.333 e. The molecule has 2 heterocycles. The lowest BCUT2D eigenvalue weighted by Crippen LogP contribution is -2.69. The molecule has 2 aliphatic heterocycles. The number of carbonyl (C=O) groups is 2. The Hall–Kier alpha value is -2.55. The largest absolute Gasteiger partial charge is 0.492 e. The Kier molecular flexibility index (Phi) is 6.97. The van der Waals surface area contributed by atoms with Gasteiger partial charge in [-0.05, 0) is 64.5 Å². The number of hydrogen-bond donors (Lipinski definition) is 3. The van der Waals surface area contributed by atoms with E-state index in [1.165, 1.54) is 12.1 Å². The van der Waals surface area contributed by atoms with E-state index in [1.807, 2.05) is 24.3 Å². The number of carboxylic acid groups (broad SMARTS) is 1. The predicted octanol–water partition coefficient (Wildman–Crippen LogP) is 3.73. The second kappa shape index (κ2) is 9.75. The van der Waals surface area contributed by atoms with E-state index in [1.54, 1.807) is 13.0 Å². The van der Waals surface area contributed by atoms with Gasteiger partial charge in [-0.2, -0.15) is 0 Å². The van der Waals surface area contributed by atoms with E-state index >= 15 is 0 Å². The molecule has 0 saturated carbocycles. The number of piperazine rings is 1. The van der Waals surface area contributed by atoms with Crippen molar-refractivity contribution in [2.24, 2.45) is 0 Å². The second-order valence-corrected chi connectivity index (χ2v) is 9.42. The number of carbonyl (C=O) groups excluding carboxylic acids is 1. The van der Waals surface area contributed by atoms with Gasteiger partial charge < -0.3 is 15.2 Å². The summed E-state index contributed by atoms with van der Waals surface area (Å²) < 4.78 is 19.7. The van der Waals surface area contributed by atoms with Crippen molar-refractivity contribution in [3.05, 3.63) is 69.5 Å². The molecule has 2 aromatic carbocycles. The molecule has 0 aromatic heterocycles. The minimum absolute atomic E-state index is 0.00296. The summed E-state index contributed by atoms with van der Waals surface area (Å²) in [5, 5.41) is 16.4. The summed E-state index contributed by atoms with van der Waals surface area (Å²) in [6.07, 6.45) is 1.85. The molecule has 0 spiro atoms. The Labute approximate surface area is 200 Å². The van der Waals surface area contributed by atoms with Crippen LogP contribution in [0.1, 0.15) is 30.9 Å². The van der Waals surface area contributed by atoms with Crippen molar-refractivity contribution >= 4 is 33.3 Å². The van der Waals surface area contributed by atoms with Crippen LogP contribution in [0.5, 0.6) is 5.75 Å². The van der Waals surface area contributed by atoms with Crippen molar-refractivity contribution in [1.29, 1.82) is 0 Å². The molecular formula is C25H26BrFN2O4. The monoisotopic (exact) mass is 516 g/mol. The molecule has 2 bridgehead atoms. The maximum absolute atomic E-state index is 13.4. The summed E-state index contributed by atoms with van der Waals surface area (Å²) in [5.74, 6) is -0.830. The van der Waals surface area contributed by atoms with Crippen molar-refractivity contribution < 1.29 is 23.8 Å². The summed E-state index contributed by atoms with van der Waals surface area (Å²) in [5.41, 5.74) is 2.18. The van der Waals surface area contributed by atoms with E-state index in [9.17, 15) is 19.1 Å². The SMILES string of the molecule is CC(=O)C12CNCC(N1)C(C(=O)O)=C(c1ccc(CCCOc3cc(F)ccc3Br)cc1)C2. The molecule has 2 aliphatic rings. The van der Waals surface area contributed by atoms with Crippen LogP contribution in [0.3, 0.4) is 0 Å². The molecule has 0 radical (unpaired) electrons. The topological polar surface area (TPSA) is 87.7 Å². The molecule has 1 saturated heterocycles. The van der Waals surface area contributed by atoms with Crippen molar-refractivity contribution in [3.8, 4) is 5.75 Å². The van der Waals surface area contributed by atoms with Gasteiger partial charge in [0, 0.05) is 25.6 Å². The molecular weight excluding hydrogens is 491 g/mol. The first-order chi connectivity index (χ1) is 15.8. The highest BCUT2D eigenvalue weighted by molar-refractivity contribution is 9.10. The highest BCUT2D eigenvalue weighted by Gasteiger charge is 2.47. The zero-order valence-electron chi connectivity index (χ0n) is 18.3. The summed E-state index contributed by atoms with van der Waals surface area (Å²) in [4.78, 5) is 24.5. The van der Waals surface area contributed by atoms with Gasteiger partial charge in [0.05, 0.1) is 28.2 Å². The van der Waals surface area contributed by atoms with Crippen molar-refractivity contribution in [1.82, 2.24) is 10.6 Å². The van der Waals surface area contributed by atoms with Gasteiger partial charge in [-0.3, -0.25) is 10.1 Å². The van der Waals surface area contributed by atoms with Gasteiger partial charge in [-0.25, -0.2) is 9.18 Å². The van der Waals surface area contributed by atoms with Crippen LogP contribution >= 0.6 is 15.9 Å². The van der Waals surface area contributed by atoms with Crippen LogP contribution < -0.4 is 15.4 Å². The number of fused-ring (bicyclic) bond motifs is 2. The number of Topliss-reactive ketones (excluding diaryl/α,β-unsaturated/α-hetero) is 1. The van der Waals surface area contributed by atoms with Gasteiger partial charge in [0.2, 0.25) is 0 Å². The van der Waals surface area contributed by atoms with E-state index < -0.39 is 17.6 Å². The van der Waals surface area contributed by atoms with Gasteiger partial charge in [-0.1, -0.05) is 24.3 Å². The number of ketones is 1. The van der Waals surface area contributed by atoms with Crippen LogP contribution in [0.25, 0.3) is 5.57 Å². The first-order valence-electron chi connectivity index (χ1n) is 10.9. The molecule has 33 heavy (non-hydrogen) atoms. The number of nitrogens with one attached hydrogen (secondary N) is 2. The number of hydrogen-bond acceptors (Lipinski definition) is 5. The van der Waals surface area contributed by atoms with Crippen LogP contribution in [0, 0.1) is 5.82 Å². The quantitative estimate of drug-likeness (QED) is 0.463. The van der Waals surface area contributed by atoms with E-state index in [0.717, 1.165) is 24.0 Å². The van der Waals surface area contributed by atoms with E-state index in [0.29, 0.717) is 47.5 Å². The van der Waals surface area contributed by atoms with Crippen molar-refractivity contribution in [2.75, 3.05) is 19.7 Å². The normalized spacial score (nSPS) is 22.2. The number of ether oxygens (including phenoxy) is 1. The number of rotatable bonds is 8. The lowest BCUT2D eigenvalue weighted by Gasteiger charge is -2.46. The molecule has 6 nitrogen and oxygen atoms in total. The standard InChI is InChI=1S/C25H26BrFN2O4/c1-15(30)25-12-19(23(24(31)32)21(29-25)13-28-14-25)17-6-4-16(5-7-17)3-2-10-33-22-11-18(27)8-9-20(22)26/h4-9,11,21,28-29H,2-3,10,12-14H2,1H3,(H,31,32). The van der Waals surface area contributed by atoms with E-state index in [4.69, 9.17) is 4.74 Å². The average Bonchev–Trinajstić information content (AvgIpc) is 2.78. The molecule has 0 amide bonds. The number of aryl methyl sites for hydroxylation is 1. The molecule has 3 N–H and O–H groups in total. The maximum atomic E-state index is 13.4. The number of aliphatic carboxylic acids is 1. The third-order valence-corrected chi connectivity index (χ3v) is 7.00. The summed E-state index contributed by atoms with van der Waals surface area (Å²) in [6.45, 7) is 2.95. The molecule has 4 rings (SSSR count). The average molecular weight is 517 g/mol. The van der Waals surface area contributed by atoms with Gasteiger partial charge >= 0.3 is 5.97 Å². The Morgan fingerprint density at radius 2 is 2.00 bits per heavy atom. The number of carboxylic acids is 1. The molecule has 1 fully saturated rings. The van der Waals surface area contributed by atoms with E-state index in [-0.39, 0.29) is 11.6 Å². The van der Waals surface area contributed by atoms with Gasteiger partial charge in [0.25, 0.3) is 0 Å². The molecule has 8 heteroatoms. The Balaban J connectivity index is 1.45. The number of benzene rings is 2.